The first kappa shape index (κ1) is 11.1. The molecule has 0 nitrogen and oxygen atoms in total. The summed E-state index contributed by atoms with van der Waals surface area (Å²) in [6, 6.07) is 0. The second-order valence-electron chi connectivity index (χ2n) is 2.42. The molecule has 0 saturated carbocycles. The molecule has 0 aromatic rings. The molecule has 0 aliphatic heterocycles. The molecule has 0 aromatic carbocycles. The van der Waals surface area contributed by atoms with Crippen LogP contribution < -0.4 is 0 Å². The minimum absolute atomic E-state index is 0.396. The first-order valence-electron chi connectivity index (χ1n) is 3.97. The molecule has 0 amide bonds. The van der Waals surface area contributed by atoms with Crippen molar-refractivity contribution in [3.8, 4) is 0 Å². The summed E-state index contributed by atoms with van der Waals surface area (Å²) in [7, 11) is 0. The van der Waals surface area contributed by atoms with Gasteiger partial charge in [0.05, 0.1) is 0 Å². The van der Waals surface area contributed by atoms with E-state index in [0.29, 0.717) is 12.0 Å². The van der Waals surface area contributed by atoms with Crippen molar-refractivity contribution in [3.63, 3.8) is 0 Å². The summed E-state index contributed by atoms with van der Waals surface area (Å²) in [5.74, 6) is -1.50. The van der Waals surface area contributed by atoms with E-state index in [1.165, 1.54) is 0 Å². The molecule has 12 heavy (non-hydrogen) atoms. The summed E-state index contributed by atoms with van der Waals surface area (Å²) in [4.78, 5) is 0. The molecule has 0 aliphatic rings. The normalized spacial score (nSPS) is 15.2. The monoisotopic (exact) mass is 172 g/mol. The van der Waals surface area contributed by atoms with Gasteiger partial charge in [-0.2, -0.15) is 0 Å². The Kier molecular flexibility index (Phi) is 5.26. The third kappa shape index (κ3) is 3.46. The molecule has 0 N–H and O–H groups in total. The fourth-order valence-electron chi connectivity index (χ4n) is 0.780. The maximum absolute atomic E-state index is 12.9. The van der Waals surface area contributed by atoms with Gasteiger partial charge in [-0.15, -0.1) is 0 Å². The minimum Gasteiger partial charge on any atom is -0.209 e. The average molecular weight is 172 g/mol. The molecule has 0 bridgehead atoms. The van der Waals surface area contributed by atoms with E-state index in [1.54, 1.807) is 25.2 Å². The molecule has 0 saturated heterocycles. The number of hydrogen-bond acceptors (Lipinski definition) is 0. The summed E-state index contributed by atoms with van der Waals surface area (Å²) < 4.78 is 25.3. The van der Waals surface area contributed by atoms with E-state index in [2.05, 4.69) is 0 Å². The summed E-state index contributed by atoms with van der Waals surface area (Å²) in [6.07, 6.45) is 5.55. The molecule has 0 unspecified atom stereocenters. The molecule has 0 spiro atoms. The van der Waals surface area contributed by atoms with Crippen LogP contribution in [0.3, 0.4) is 0 Å². The topological polar surface area (TPSA) is 0 Å². The van der Waals surface area contributed by atoms with Gasteiger partial charge in [0.2, 0.25) is 0 Å². The predicted octanol–water partition coefficient (Wildman–Crippen LogP) is 4.07. The van der Waals surface area contributed by atoms with Crippen molar-refractivity contribution >= 4 is 0 Å². The lowest BCUT2D eigenvalue weighted by Crippen LogP contribution is -1.83. The third-order valence-corrected chi connectivity index (χ3v) is 1.46. The summed E-state index contributed by atoms with van der Waals surface area (Å²) >= 11 is 0. The van der Waals surface area contributed by atoms with Crippen LogP contribution in [-0.4, -0.2) is 0 Å². The zero-order chi connectivity index (χ0) is 9.56. The van der Waals surface area contributed by atoms with Gasteiger partial charge < -0.3 is 0 Å². The van der Waals surface area contributed by atoms with Gasteiger partial charge in [0, 0.05) is 0 Å². The summed E-state index contributed by atoms with van der Waals surface area (Å²) in [5.41, 5.74) is 0.396. The van der Waals surface area contributed by atoms with E-state index >= 15 is 0 Å². The fourth-order valence-corrected chi connectivity index (χ4v) is 0.780. The van der Waals surface area contributed by atoms with E-state index in [4.69, 9.17) is 0 Å². The van der Waals surface area contributed by atoms with Crippen LogP contribution in [0.25, 0.3) is 0 Å². The van der Waals surface area contributed by atoms with Crippen molar-refractivity contribution in [2.24, 2.45) is 0 Å². The highest BCUT2D eigenvalue weighted by Gasteiger charge is 2.04. The molecular formula is C10H14F2. The molecule has 0 aromatic heterocycles. The second-order valence-corrected chi connectivity index (χ2v) is 2.42. The van der Waals surface area contributed by atoms with Gasteiger partial charge >= 0.3 is 0 Å². The van der Waals surface area contributed by atoms with E-state index < -0.39 is 11.7 Å². The molecule has 0 rings (SSSR count). The van der Waals surface area contributed by atoms with Crippen LogP contribution in [0.4, 0.5) is 8.78 Å². The first-order chi connectivity index (χ1) is 5.63. The molecule has 0 atom stereocenters. The zero-order valence-electron chi connectivity index (χ0n) is 7.70. The van der Waals surface area contributed by atoms with Crippen LogP contribution in [0.5, 0.6) is 0 Å². The number of allylic oxidation sites excluding steroid dienone is 6. The van der Waals surface area contributed by atoms with E-state index in [1.807, 2.05) is 6.92 Å². The largest absolute Gasteiger partial charge is 0.209 e. The van der Waals surface area contributed by atoms with Crippen LogP contribution in [0.15, 0.2) is 35.5 Å². The van der Waals surface area contributed by atoms with E-state index in [9.17, 15) is 8.78 Å². The van der Waals surface area contributed by atoms with Crippen LogP contribution in [0, 0.1) is 0 Å². The Morgan fingerprint density at radius 1 is 1.33 bits per heavy atom. The molecule has 0 aliphatic carbocycles. The number of halogens is 2. The highest BCUT2D eigenvalue weighted by Crippen LogP contribution is 2.19. The Morgan fingerprint density at radius 3 is 2.25 bits per heavy atom. The molecule has 2 heteroatoms. The predicted molar refractivity (Wildman–Crippen MR) is 48.1 cm³/mol. The van der Waals surface area contributed by atoms with Crippen LogP contribution >= 0.6 is 0 Å². The minimum atomic E-state index is -0.757. The standard InChI is InChI=1S/C10H14F2/c1-4-6-7-9(5-2)10(12)8(3)11/h4,6-7H,5H2,1-3H3/b6-4-,9-7-,10-8-. The number of hydrogen-bond donors (Lipinski definition) is 0. The van der Waals surface area contributed by atoms with Crippen LogP contribution in [-0.2, 0) is 0 Å². The zero-order valence-corrected chi connectivity index (χ0v) is 7.70. The van der Waals surface area contributed by atoms with Gasteiger partial charge in [0.1, 0.15) is 5.83 Å². The van der Waals surface area contributed by atoms with Crippen molar-refractivity contribution in [1.82, 2.24) is 0 Å². The lowest BCUT2D eigenvalue weighted by atomic mass is 10.1. The van der Waals surface area contributed by atoms with Crippen molar-refractivity contribution in [3.05, 3.63) is 35.5 Å². The lowest BCUT2D eigenvalue weighted by Gasteiger charge is -1.99. The molecule has 0 heterocycles. The van der Waals surface area contributed by atoms with Gasteiger partial charge in [0.15, 0.2) is 5.83 Å². The lowest BCUT2D eigenvalue weighted by molar-refractivity contribution is 0.543. The van der Waals surface area contributed by atoms with Gasteiger partial charge in [-0.3, -0.25) is 0 Å². The third-order valence-electron chi connectivity index (χ3n) is 1.46. The molecular weight excluding hydrogens is 158 g/mol. The average Bonchev–Trinajstić information content (AvgIpc) is 2.05. The first-order valence-corrected chi connectivity index (χ1v) is 3.97. The fraction of sp³-hybridized carbons (Fsp3) is 0.400. The Bertz CT molecular complexity index is 218. The smallest absolute Gasteiger partial charge is 0.157 e. The Hall–Kier alpha value is -0.920. The Labute approximate surface area is 72.3 Å². The number of rotatable bonds is 3. The highest BCUT2D eigenvalue weighted by molar-refractivity contribution is 5.29. The Morgan fingerprint density at radius 2 is 1.92 bits per heavy atom. The summed E-state index contributed by atoms with van der Waals surface area (Å²) in [5, 5.41) is 0. The molecule has 0 fully saturated rings. The maximum atomic E-state index is 12.9. The second kappa shape index (κ2) is 5.70. The maximum Gasteiger partial charge on any atom is 0.157 e. The quantitative estimate of drug-likeness (QED) is 0.563. The van der Waals surface area contributed by atoms with Crippen molar-refractivity contribution in [1.29, 1.82) is 0 Å². The van der Waals surface area contributed by atoms with Crippen LogP contribution in [0.1, 0.15) is 27.2 Å². The molecule has 0 radical (unpaired) electrons. The van der Waals surface area contributed by atoms with Crippen LogP contribution in [0.2, 0.25) is 0 Å². The Balaban J connectivity index is 4.68. The molecule has 68 valence electrons. The van der Waals surface area contributed by atoms with E-state index in [0.717, 1.165) is 6.92 Å². The van der Waals surface area contributed by atoms with Crippen molar-refractivity contribution in [2.75, 3.05) is 0 Å². The van der Waals surface area contributed by atoms with Gasteiger partial charge in [0.25, 0.3) is 0 Å². The van der Waals surface area contributed by atoms with Crippen molar-refractivity contribution in [2.45, 2.75) is 27.2 Å². The van der Waals surface area contributed by atoms with Gasteiger partial charge in [-0.25, -0.2) is 8.78 Å². The SMILES string of the molecule is C\C=C/C=C(CC)\C(F)=C(/C)F. The van der Waals surface area contributed by atoms with Crippen molar-refractivity contribution < 1.29 is 8.78 Å². The van der Waals surface area contributed by atoms with Gasteiger partial charge in [-0.05, 0) is 25.8 Å². The summed E-state index contributed by atoms with van der Waals surface area (Å²) in [6.45, 7) is 4.74. The van der Waals surface area contributed by atoms with E-state index in [-0.39, 0.29) is 0 Å². The highest BCUT2D eigenvalue weighted by atomic mass is 19.2. The van der Waals surface area contributed by atoms with Gasteiger partial charge in [-0.1, -0.05) is 25.2 Å².